The largest absolute Gasteiger partial charge is 0.465 e. The lowest BCUT2D eigenvalue weighted by molar-refractivity contribution is -0.146. The smallest absolute Gasteiger partial charge is 0.413 e. The van der Waals surface area contributed by atoms with Gasteiger partial charge >= 0.3 is 12.1 Å². The second-order valence-electron chi connectivity index (χ2n) is 4.50. The Morgan fingerprint density at radius 1 is 1.40 bits per heavy atom. The zero-order valence-corrected chi connectivity index (χ0v) is 11.7. The van der Waals surface area contributed by atoms with Gasteiger partial charge in [0.2, 0.25) is 0 Å². The van der Waals surface area contributed by atoms with Crippen molar-refractivity contribution in [3.8, 4) is 0 Å². The topological polar surface area (TPSA) is 83.5 Å². The average Bonchev–Trinajstić information content (AvgIpc) is 2.87. The number of fused-ring (bicyclic) bond motifs is 1. The number of carbonyl (C=O) groups is 2. The summed E-state index contributed by atoms with van der Waals surface area (Å²) in [5.41, 5.74) is 0. The van der Waals surface area contributed by atoms with Crippen LogP contribution in [-0.2, 0) is 28.5 Å². The molecule has 8 heteroatoms. The van der Waals surface area contributed by atoms with Gasteiger partial charge in [0.1, 0.15) is 18.8 Å². The minimum absolute atomic E-state index is 0.204. The lowest BCUT2D eigenvalue weighted by atomic mass is 10.1. The van der Waals surface area contributed by atoms with E-state index in [1.807, 2.05) is 0 Å². The minimum atomic E-state index is -0.656. The maximum atomic E-state index is 11.8. The van der Waals surface area contributed by atoms with Crippen molar-refractivity contribution in [2.45, 2.75) is 31.5 Å². The first-order valence-electron chi connectivity index (χ1n) is 6.42. The van der Waals surface area contributed by atoms with Gasteiger partial charge in [-0.05, 0) is 6.92 Å². The van der Waals surface area contributed by atoms with Crippen LogP contribution in [0.3, 0.4) is 0 Å². The van der Waals surface area contributed by atoms with Gasteiger partial charge in [-0.15, -0.1) is 0 Å². The van der Waals surface area contributed by atoms with Gasteiger partial charge in [0.05, 0.1) is 13.2 Å². The van der Waals surface area contributed by atoms with E-state index < -0.39 is 30.5 Å². The molecule has 0 N–H and O–H groups in total. The highest BCUT2D eigenvalue weighted by atomic mass is 16.7. The maximum absolute atomic E-state index is 11.8. The SMILES string of the molecule is CCOC(=O)CN1C(=O)O[C@@H]2[C@@H](OC)[C@@H](COC)O[C@@H]21. The Balaban J connectivity index is 2.05. The molecule has 8 nitrogen and oxygen atoms in total. The maximum Gasteiger partial charge on any atom is 0.413 e. The molecule has 1 amide bonds. The van der Waals surface area contributed by atoms with Crippen molar-refractivity contribution in [1.82, 2.24) is 4.90 Å². The molecule has 0 bridgehead atoms. The molecule has 114 valence electrons. The third kappa shape index (κ3) is 2.72. The molecule has 0 radical (unpaired) electrons. The van der Waals surface area contributed by atoms with E-state index in [0.29, 0.717) is 6.61 Å². The molecule has 0 unspecified atom stereocenters. The van der Waals surface area contributed by atoms with Crippen LogP contribution < -0.4 is 0 Å². The monoisotopic (exact) mass is 289 g/mol. The fraction of sp³-hybridized carbons (Fsp3) is 0.833. The van der Waals surface area contributed by atoms with Crippen LogP contribution in [0.1, 0.15) is 6.92 Å². The quantitative estimate of drug-likeness (QED) is 0.624. The highest BCUT2D eigenvalue weighted by Crippen LogP contribution is 2.34. The molecule has 2 aliphatic heterocycles. The number of carbonyl (C=O) groups excluding carboxylic acids is 2. The average molecular weight is 289 g/mol. The summed E-state index contributed by atoms with van der Waals surface area (Å²) in [4.78, 5) is 24.5. The molecule has 0 aliphatic carbocycles. The third-order valence-corrected chi connectivity index (χ3v) is 3.27. The van der Waals surface area contributed by atoms with E-state index in [4.69, 9.17) is 23.7 Å². The van der Waals surface area contributed by atoms with Crippen molar-refractivity contribution in [3.05, 3.63) is 0 Å². The summed E-state index contributed by atoms with van der Waals surface area (Å²) in [6, 6.07) is 0. The van der Waals surface area contributed by atoms with Gasteiger partial charge in [-0.3, -0.25) is 9.69 Å². The predicted molar refractivity (Wildman–Crippen MR) is 64.9 cm³/mol. The number of ether oxygens (including phenoxy) is 5. The Morgan fingerprint density at radius 3 is 2.75 bits per heavy atom. The first-order valence-corrected chi connectivity index (χ1v) is 6.42. The summed E-state index contributed by atoms with van der Waals surface area (Å²) >= 11 is 0. The Kier molecular flexibility index (Phi) is 4.79. The van der Waals surface area contributed by atoms with Gasteiger partial charge in [0.25, 0.3) is 0 Å². The molecular formula is C12H19NO7. The van der Waals surface area contributed by atoms with Crippen LogP contribution in [0.25, 0.3) is 0 Å². The molecule has 2 heterocycles. The summed E-state index contributed by atoms with van der Waals surface area (Å²) < 4.78 is 26.1. The summed E-state index contributed by atoms with van der Waals surface area (Å²) in [5, 5.41) is 0. The van der Waals surface area contributed by atoms with Crippen molar-refractivity contribution in [2.75, 3.05) is 34.0 Å². The highest BCUT2D eigenvalue weighted by Gasteiger charge is 2.56. The first kappa shape index (κ1) is 15.0. The molecule has 2 saturated heterocycles. The standard InChI is InChI=1S/C12H19NO7/c1-4-18-8(14)5-13-11-10(20-12(13)15)9(17-3)7(19-11)6-16-2/h7,9-11H,4-6H2,1-3H3/t7-,9+,10-,11+/m1/s1. The predicted octanol–water partition coefficient (Wildman–Crippen LogP) is -0.243. The first-order chi connectivity index (χ1) is 9.62. The second kappa shape index (κ2) is 6.38. The Bertz CT molecular complexity index is 375. The van der Waals surface area contributed by atoms with Crippen molar-refractivity contribution in [1.29, 1.82) is 0 Å². The Hall–Kier alpha value is -1.38. The van der Waals surface area contributed by atoms with Crippen LogP contribution in [0, 0.1) is 0 Å². The fourth-order valence-electron chi connectivity index (χ4n) is 2.46. The molecule has 0 aromatic carbocycles. The number of hydrogen-bond donors (Lipinski definition) is 0. The van der Waals surface area contributed by atoms with Gasteiger partial charge in [-0.2, -0.15) is 0 Å². The van der Waals surface area contributed by atoms with Gasteiger partial charge in [-0.1, -0.05) is 0 Å². The number of nitrogens with zero attached hydrogens (tertiary/aromatic N) is 1. The lowest BCUT2D eigenvalue weighted by Gasteiger charge is -2.21. The zero-order valence-electron chi connectivity index (χ0n) is 11.7. The Morgan fingerprint density at radius 2 is 2.15 bits per heavy atom. The van der Waals surface area contributed by atoms with E-state index in [1.165, 1.54) is 12.0 Å². The highest BCUT2D eigenvalue weighted by molar-refractivity contribution is 5.79. The van der Waals surface area contributed by atoms with E-state index in [0.717, 1.165) is 0 Å². The number of esters is 1. The van der Waals surface area contributed by atoms with Gasteiger partial charge in [-0.25, -0.2) is 4.79 Å². The van der Waals surface area contributed by atoms with Crippen LogP contribution in [0.2, 0.25) is 0 Å². The molecule has 0 aromatic heterocycles. The molecule has 0 saturated carbocycles. The minimum Gasteiger partial charge on any atom is -0.465 e. The van der Waals surface area contributed by atoms with Crippen molar-refractivity contribution < 1.29 is 33.3 Å². The summed E-state index contributed by atoms with van der Waals surface area (Å²) in [5.74, 6) is -0.502. The van der Waals surface area contributed by atoms with E-state index in [2.05, 4.69) is 0 Å². The van der Waals surface area contributed by atoms with E-state index in [9.17, 15) is 9.59 Å². The third-order valence-electron chi connectivity index (χ3n) is 3.27. The summed E-state index contributed by atoms with van der Waals surface area (Å²) in [6.07, 6.45) is -2.60. The molecule has 2 aliphatic rings. The van der Waals surface area contributed by atoms with Crippen LogP contribution in [0.5, 0.6) is 0 Å². The fourth-order valence-corrected chi connectivity index (χ4v) is 2.46. The molecule has 2 rings (SSSR count). The number of rotatable bonds is 6. The molecule has 20 heavy (non-hydrogen) atoms. The van der Waals surface area contributed by atoms with Gasteiger partial charge in [0, 0.05) is 14.2 Å². The van der Waals surface area contributed by atoms with Gasteiger partial charge in [0.15, 0.2) is 12.3 Å². The van der Waals surface area contributed by atoms with Crippen LogP contribution >= 0.6 is 0 Å². The van der Waals surface area contributed by atoms with Crippen LogP contribution in [0.15, 0.2) is 0 Å². The van der Waals surface area contributed by atoms with E-state index in [-0.39, 0.29) is 19.3 Å². The molecular weight excluding hydrogens is 270 g/mol. The number of hydrogen-bond acceptors (Lipinski definition) is 7. The number of amides is 1. The lowest BCUT2D eigenvalue weighted by Crippen LogP contribution is -2.40. The van der Waals surface area contributed by atoms with E-state index in [1.54, 1.807) is 14.0 Å². The van der Waals surface area contributed by atoms with Crippen LogP contribution in [-0.4, -0.2) is 75.5 Å². The van der Waals surface area contributed by atoms with Crippen LogP contribution in [0.4, 0.5) is 4.79 Å². The van der Waals surface area contributed by atoms with E-state index >= 15 is 0 Å². The van der Waals surface area contributed by atoms with Gasteiger partial charge < -0.3 is 23.7 Å². The van der Waals surface area contributed by atoms with Crippen molar-refractivity contribution >= 4 is 12.1 Å². The van der Waals surface area contributed by atoms with Crippen molar-refractivity contribution in [2.24, 2.45) is 0 Å². The molecule has 0 aromatic rings. The molecule has 4 atom stereocenters. The normalized spacial score (nSPS) is 32.1. The number of methoxy groups -OCH3 is 2. The summed E-state index contributed by atoms with van der Waals surface area (Å²) in [7, 11) is 3.06. The Labute approximate surface area is 116 Å². The second-order valence-corrected chi connectivity index (χ2v) is 4.50. The molecule has 2 fully saturated rings. The molecule has 0 spiro atoms. The summed E-state index contributed by atoms with van der Waals surface area (Å²) in [6.45, 7) is 2.06. The van der Waals surface area contributed by atoms with Crippen molar-refractivity contribution in [3.63, 3.8) is 0 Å². The zero-order chi connectivity index (χ0) is 14.7.